The van der Waals surface area contributed by atoms with E-state index in [9.17, 15) is 4.79 Å². The number of hydrogen-bond donors (Lipinski definition) is 2. The van der Waals surface area contributed by atoms with Crippen molar-refractivity contribution in [2.75, 3.05) is 7.05 Å². The highest BCUT2D eigenvalue weighted by Crippen LogP contribution is 2.27. The lowest BCUT2D eigenvalue weighted by Crippen LogP contribution is -2.49. The Morgan fingerprint density at radius 2 is 2.08 bits per heavy atom. The summed E-state index contributed by atoms with van der Waals surface area (Å²) in [4.78, 5) is 13.0. The van der Waals surface area contributed by atoms with Gasteiger partial charge in [0.1, 0.15) is 0 Å². The molecular weight excluding hydrogens is 166 g/mol. The van der Waals surface area contributed by atoms with E-state index in [1.54, 1.807) is 4.90 Å². The lowest BCUT2D eigenvalue weighted by molar-refractivity contribution is 0.145. The number of nitrogens with zero attached hydrogens (tertiary/aromatic N) is 1. The molecule has 1 saturated carbocycles. The lowest BCUT2D eigenvalue weighted by atomic mass is 9.85. The van der Waals surface area contributed by atoms with Crippen molar-refractivity contribution in [2.45, 2.75) is 38.6 Å². The second kappa shape index (κ2) is 4.46. The maximum Gasteiger partial charge on any atom is 0.331 e. The van der Waals surface area contributed by atoms with Gasteiger partial charge >= 0.3 is 6.03 Å². The molecule has 2 atom stereocenters. The van der Waals surface area contributed by atoms with Crippen LogP contribution < -0.4 is 11.3 Å². The number of carbonyl (C=O) groups excluding carboxylic acids is 1. The molecule has 0 aromatic carbocycles. The van der Waals surface area contributed by atoms with Crippen LogP contribution in [0.3, 0.4) is 0 Å². The molecule has 2 amide bonds. The van der Waals surface area contributed by atoms with E-state index in [1.807, 2.05) is 7.05 Å². The zero-order valence-electron chi connectivity index (χ0n) is 8.42. The van der Waals surface area contributed by atoms with Gasteiger partial charge in [-0.05, 0) is 18.8 Å². The molecule has 1 aliphatic rings. The second-order valence-corrected chi connectivity index (χ2v) is 3.89. The Balaban J connectivity index is 2.53. The fraction of sp³-hybridized carbons (Fsp3) is 0.889. The van der Waals surface area contributed by atoms with Gasteiger partial charge in [-0.1, -0.05) is 19.8 Å². The van der Waals surface area contributed by atoms with Crippen molar-refractivity contribution in [1.29, 1.82) is 0 Å². The molecule has 0 radical (unpaired) electrons. The van der Waals surface area contributed by atoms with E-state index in [0.29, 0.717) is 12.0 Å². The van der Waals surface area contributed by atoms with Crippen LogP contribution in [0.25, 0.3) is 0 Å². The maximum absolute atomic E-state index is 11.2. The predicted molar refractivity (Wildman–Crippen MR) is 51.9 cm³/mol. The van der Waals surface area contributed by atoms with Crippen molar-refractivity contribution in [2.24, 2.45) is 11.8 Å². The number of carbonyl (C=O) groups is 1. The molecule has 4 nitrogen and oxygen atoms in total. The van der Waals surface area contributed by atoms with Crippen LogP contribution in [0.4, 0.5) is 4.79 Å². The fourth-order valence-corrected chi connectivity index (χ4v) is 2.12. The Labute approximate surface area is 79.4 Å². The van der Waals surface area contributed by atoms with Gasteiger partial charge in [0.05, 0.1) is 0 Å². The zero-order valence-corrected chi connectivity index (χ0v) is 8.42. The first kappa shape index (κ1) is 10.3. The predicted octanol–water partition coefficient (Wildman–Crippen LogP) is 1.08. The van der Waals surface area contributed by atoms with Gasteiger partial charge in [-0.2, -0.15) is 0 Å². The van der Waals surface area contributed by atoms with Crippen LogP contribution in [0.2, 0.25) is 0 Å². The SMILES string of the molecule is CC1CCCCC1N(C)C(=O)NN. The number of nitrogens with two attached hydrogens (primary N) is 1. The Morgan fingerprint density at radius 3 is 2.62 bits per heavy atom. The number of hydrazine groups is 1. The highest BCUT2D eigenvalue weighted by molar-refractivity contribution is 5.73. The van der Waals surface area contributed by atoms with Gasteiger partial charge in [-0.3, -0.25) is 5.43 Å². The third-order valence-electron chi connectivity index (χ3n) is 3.01. The van der Waals surface area contributed by atoms with E-state index >= 15 is 0 Å². The highest BCUT2D eigenvalue weighted by Gasteiger charge is 2.27. The molecule has 0 aromatic rings. The summed E-state index contributed by atoms with van der Waals surface area (Å²) in [5.74, 6) is 5.68. The van der Waals surface area contributed by atoms with Crippen LogP contribution in [-0.4, -0.2) is 24.0 Å². The van der Waals surface area contributed by atoms with Crippen molar-refractivity contribution < 1.29 is 4.79 Å². The minimum Gasteiger partial charge on any atom is -0.324 e. The molecule has 0 bridgehead atoms. The van der Waals surface area contributed by atoms with Crippen molar-refractivity contribution in [3.8, 4) is 0 Å². The number of amides is 2. The Hall–Kier alpha value is -0.770. The van der Waals surface area contributed by atoms with Crippen LogP contribution in [0.1, 0.15) is 32.6 Å². The number of hydrogen-bond acceptors (Lipinski definition) is 2. The van der Waals surface area contributed by atoms with Gasteiger partial charge in [0, 0.05) is 13.1 Å². The van der Waals surface area contributed by atoms with E-state index in [1.165, 1.54) is 19.3 Å². The van der Waals surface area contributed by atoms with Gasteiger partial charge in [-0.15, -0.1) is 0 Å². The molecule has 4 heteroatoms. The Kier molecular flexibility index (Phi) is 3.54. The number of nitrogens with one attached hydrogen (secondary N) is 1. The third-order valence-corrected chi connectivity index (χ3v) is 3.01. The summed E-state index contributed by atoms with van der Waals surface area (Å²) in [6.45, 7) is 2.20. The van der Waals surface area contributed by atoms with Gasteiger partial charge in [0.2, 0.25) is 0 Å². The number of urea groups is 1. The second-order valence-electron chi connectivity index (χ2n) is 3.89. The molecule has 1 rings (SSSR count). The van der Waals surface area contributed by atoms with Crippen molar-refractivity contribution >= 4 is 6.03 Å². The van der Waals surface area contributed by atoms with E-state index in [0.717, 1.165) is 6.42 Å². The van der Waals surface area contributed by atoms with E-state index in [4.69, 9.17) is 5.84 Å². The Morgan fingerprint density at radius 1 is 1.46 bits per heavy atom. The first-order valence-corrected chi connectivity index (χ1v) is 4.90. The van der Waals surface area contributed by atoms with Crippen LogP contribution in [0.5, 0.6) is 0 Å². The van der Waals surface area contributed by atoms with E-state index < -0.39 is 0 Å². The molecule has 0 saturated heterocycles. The summed E-state index contributed by atoms with van der Waals surface area (Å²) in [5, 5.41) is 0. The van der Waals surface area contributed by atoms with Crippen molar-refractivity contribution in [1.82, 2.24) is 10.3 Å². The van der Waals surface area contributed by atoms with Gasteiger partial charge in [0.15, 0.2) is 0 Å². The van der Waals surface area contributed by atoms with E-state index in [-0.39, 0.29) is 6.03 Å². The first-order valence-electron chi connectivity index (χ1n) is 4.90. The van der Waals surface area contributed by atoms with E-state index in [2.05, 4.69) is 12.3 Å². The fourth-order valence-electron chi connectivity index (χ4n) is 2.12. The smallest absolute Gasteiger partial charge is 0.324 e. The summed E-state index contributed by atoms with van der Waals surface area (Å²) in [6.07, 6.45) is 4.82. The minimum atomic E-state index is -0.182. The van der Waals surface area contributed by atoms with Crippen LogP contribution >= 0.6 is 0 Å². The van der Waals surface area contributed by atoms with Gasteiger partial charge < -0.3 is 4.90 Å². The molecule has 0 spiro atoms. The Bertz CT molecular complexity index is 184. The van der Waals surface area contributed by atoms with Crippen LogP contribution in [0, 0.1) is 5.92 Å². The van der Waals surface area contributed by atoms with Crippen LogP contribution in [-0.2, 0) is 0 Å². The zero-order chi connectivity index (χ0) is 9.84. The van der Waals surface area contributed by atoms with Crippen LogP contribution in [0.15, 0.2) is 0 Å². The molecule has 0 aliphatic heterocycles. The monoisotopic (exact) mass is 185 g/mol. The molecule has 13 heavy (non-hydrogen) atoms. The molecule has 0 heterocycles. The van der Waals surface area contributed by atoms with Crippen molar-refractivity contribution in [3.63, 3.8) is 0 Å². The molecule has 2 unspecified atom stereocenters. The molecular formula is C9H19N3O. The average Bonchev–Trinajstić information content (AvgIpc) is 2.16. The van der Waals surface area contributed by atoms with Gasteiger partial charge in [0.25, 0.3) is 0 Å². The summed E-state index contributed by atoms with van der Waals surface area (Å²) in [7, 11) is 1.81. The summed E-state index contributed by atoms with van der Waals surface area (Å²) >= 11 is 0. The normalized spacial score (nSPS) is 28.2. The quantitative estimate of drug-likeness (QED) is 0.365. The maximum atomic E-state index is 11.2. The molecule has 1 fully saturated rings. The minimum absolute atomic E-state index is 0.182. The number of rotatable bonds is 1. The highest BCUT2D eigenvalue weighted by atomic mass is 16.2. The first-order chi connectivity index (χ1) is 6.16. The molecule has 0 aromatic heterocycles. The van der Waals surface area contributed by atoms with Gasteiger partial charge in [-0.25, -0.2) is 10.6 Å². The molecule has 76 valence electrons. The standard InChI is InChI=1S/C9H19N3O/c1-7-5-3-4-6-8(7)12(2)9(13)11-10/h7-8H,3-6,10H2,1-2H3,(H,11,13). The molecule has 3 N–H and O–H groups in total. The topological polar surface area (TPSA) is 58.4 Å². The summed E-state index contributed by atoms with van der Waals surface area (Å²) in [5.41, 5.74) is 2.17. The summed E-state index contributed by atoms with van der Waals surface area (Å²) in [6, 6.07) is 0.177. The third kappa shape index (κ3) is 2.34. The van der Waals surface area contributed by atoms with Crippen molar-refractivity contribution in [3.05, 3.63) is 0 Å². The summed E-state index contributed by atoms with van der Waals surface area (Å²) < 4.78 is 0. The largest absolute Gasteiger partial charge is 0.331 e. The molecule has 1 aliphatic carbocycles. The lowest BCUT2D eigenvalue weighted by Gasteiger charge is -2.35. The average molecular weight is 185 g/mol.